The van der Waals surface area contributed by atoms with Crippen LogP contribution in [0.4, 0.5) is 5.82 Å². The quantitative estimate of drug-likeness (QED) is 0.306. The van der Waals surface area contributed by atoms with E-state index in [1.807, 2.05) is 44.2 Å². The number of aromatic nitrogens is 1. The second kappa shape index (κ2) is 11.6. The molecule has 0 saturated carbocycles. The summed E-state index contributed by atoms with van der Waals surface area (Å²) < 4.78 is 13.7. The second-order valence-corrected chi connectivity index (χ2v) is 7.03. The third kappa shape index (κ3) is 5.95. The number of rotatable bonds is 8. The number of anilines is 1. The Labute approximate surface area is 168 Å². The number of hydrogen-bond acceptors (Lipinski definition) is 7. The van der Waals surface area contributed by atoms with Crippen LogP contribution in [0.5, 0.6) is 0 Å². The number of esters is 1. The van der Waals surface area contributed by atoms with Crippen molar-refractivity contribution >= 4 is 45.4 Å². The Hall–Kier alpha value is -2.09. The Kier molecular flexibility index (Phi) is 9.10. The molecule has 0 unspecified atom stereocenters. The molecular formula is C20H25N3O2S2. The van der Waals surface area contributed by atoms with Gasteiger partial charge in [0.1, 0.15) is 5.82 Å². The van der Waals surface area contributed by atoms with Gasteiger partial charge in [0.15, 0.2) is 0 Å². The molecule has 0 aliphatic rings. The number of fused-ring (bicyclic) bond motifs is 1. The molecule has 2 aromatic carbocycles. The van der Waals surface area contributed by atoms with Crippen molar-refractivity contribution in [2.45, 2.75) is 25.2 Å². The third-order valence-corrected chi connectivity index (χ3v) is 5.35. The normalized spacial score (nSPS) is 10.2. The highest BCUT2D eigenvalue weighted by atomic mass is 32.2. The minimum absolute atomic E-state index is 0.318. The zero-order valence-corrected chi connectivity index (χ0v) is 17.5. The van der Waals surface area contributed by atoms with Crippen LogP contribution in [0.1, 0.15) is 30.6 Å². The summed E-state index contributed by atoms with van der Waals surface area (Å²) in [6.45, 7) is 5.65. The zero-order valence-electron chi connectivity index (χ0n) is 15.8. The maximum Gasteiger partial charge on any atom is 0.339 e. The van der Waals surface area contributed by atoms with Gasteiger partial charge in [0.25, 0.3) is 0 Å². The van der Waals surface area contributed by atoms with Gasteiger partial charge in [0.2, 0.25) is 0 Å². The predicted octanol–water partition coefficient (Wildman–Crippen LogP) is 5.21. The van der Waals surface area contributed by atoms with Crippen molar-refractivity contribution in [2.75, 3.05) is 25.5 Å². The summed E-state index contributed by atoms with van der Waals surface area (Å²) in [6, 6.07) is 15.6. The molecule has 1 aromatic heterocycles. The number of nitrogens with one attached hydrogen (secondary N) is 2. The van der Waals surface area contributed by atoms with Crippen molar-refractivity contribution in [1.82, 2.24) is 9.10 Å². The minimum Gasteiger partial charge on any atom is -0.465 e. The van der Waals surface area contributed by atoms with Crippen LogP contribution in [0.15, 0.2) is 53.4 Å². The van der Waals surface area contributed by atoms with Gasteiger partial charge in [-0.1, -0.05) is 38.1 Å². The maximum atomic E-state index is 11.7. The largest absolute Gasteiger partial charge is 0.465 e. The smallest absolute Gasteiger partial charge is 0.339 e. The monoisotopic (exact) mass is 403 g/mol. The zero-order chi connectivity index (χ0) is 19.5. The topological polar surface area (TPSA) is 63.2 Å². The van der Waals surface area contributed by atoms with Crippen LogP contribution in [-0.2, 0) is 4.74 Å². The molecule has 3 aromatic rings. The van der Waals surface area contributed by atoms with Crippen molar-refractivity contribution in [3.05, 3.63) is 54.1 Å². The van der Waals surface area contributed by atoms with Crippen molar-refractivity contribution in [3.8, 4) is 0 Å². The molecule has 7 heteroatoms. The number of carbonyl (C=O) groups excluding carboxylic acids is 1. The highest BCUT2D eigenvalue weighted by molar-refractivity contribution is 7.97. The molecule has 0 fully saturated rings. The van der Waals surface area contributed by atoms with Gasteiger partial charge in [-0.2, -0.15) is 4.37 Å². The molecule has 2 N–H and O–H groups in total. The van der Waals surface area contributed by atoms with Gasteiger partial charge in [0, 0.05) is 23.4 Å². The molecule has 3 rings (SSSR count). The molecule has 144 valence electrons. The Balaban J connectivity index is 0.00000126. The lowest BCUT2D eigenvalue weighted by Crippen LogP contribution is -2.12. The fourth-order valence-electron chi connectivity index (χ4n) is 2.34. The first-order valence-electron chi connectivity index (χ1n) is 8.95. The van der Waals surface area contributed by atoms with Crippen LogP contribution < -0.4 is 10.0 Å². The van der Waals surface area contributed by atoms with E-state index in [0.29, 0.717) is 5.56 Å². The summed E-state index contributed by atoms with van der Waals surface area (Å²) in [7, 11) is 1.39. The van der Waals surface area contributed by atoms with E-state index < -0.39 is 0 Å². The summed E-state index contributed by atoms with van der Waals surface area (Å²) in [6.07, 6.45) is 0.944. The summed E-state index contributed by atoms with van der Waals surface area (Å²) >= 11 is 2.96. The van der Waals surface area contributed by atoms with Crippen molar-refractivity contribution in [2.24, 2.45) is 0 Å². The van der Waals surface area contributed by atoms with Gasteiger partial charge < -0.3 is 10.1 Å². The van der Waals surface area contributed by atoms with Crippen LogP contribution in [-0.4, -0.2) is 30.5 Å². The molecular weight excluding hydrogens is 378 g/mol. The lowest BCUT2D eigenvalue weighted by atomic mass is 10.2. The molecule has 0 bridgehead atoms. The van der Waals surface area contributed by atoms with Gasteiger partial charge in [0.05, 0.1) is 17.4 Å². The number of nitrogens with zero attached hydrogens (tertiary/aromatic N) is 1. The van der Waals surface area contributed by atoms with Gasteiger partial charge >= 0.3 is 5.97 Å². The summed E-state index contributed by atoms with van der Waals surface area (Å²) in [5.41, 5.74) is 0.578. The second-order valence-electron chi connectivity index (χ2n) is 5.29. The fourth-order valence-corrected chi connectivity index (χ4v) is 3.91. The van der Waals surface area contributed by atoms with Gasteiger partial charge in [-0.25, -0.2) is 4.79 Å². The van der Waals surface area contributed by atoms with Gasteiger partial charge in [-0.3, -0.25) is 4.72 Å². The number of carbonyl (C=O) groups is 1. The van der Waals surface area contributed by atoms with E-state index in [9.17, 15) is 4.79 Å². The molecule has 0 aliphatic heterocycles. The summed E-state index contributed by atoms with van der Waals surface area (Å²) in [5, 5.41) is 4.55. The lowest BCUT2D eigenvalue weighted by Gasteiger charge is -2.08. The third-order valence-electron chi connectivity index (χ3n) is 3.60. The van der Waals surface area contributed by atoms with E-state index in [1.54, 1.807) is 6.07 Å². The highest BCUT2D eigenvalue weighted by Crippen LogP contribution is 2.26. The number of hydrogen-bond donors (Lipinski definition) is 2. The van der Waals surface area contributed by atoms with E-state index >= 15 is 0 Å². The first kappa shape index (κ1) is 21.2. The van der Waals surface area contributed by atoms with Crippen LogP contribution in [0.3, 0.4) is 0 Å². The Bertz CT molecular complexity index is 852. The van der Waals surface area contributed by atoms with Crippen molar-refractivity contribution < 1.29 is 9.53 Å². The molecule has 0 atom stereocenters. The lowest BCUT2D eigenvalue weighted by molar-refractivity contribution is 0.0597. The maximum absolute atomic E-state index is 11.7. The molecule has 0 spiro atoms. The number of ether oxygens (including phenoxy) is 1. The minimum atomic E-state index is -0.318. The first-order chi connectivity index (χ1) is 13.3. The van der Waals surface area contributed by atoms with Crippen LogP contribution in [0, 0.1) is 0 Å². The Morgan fingerprint density at radius 1 is 1.11 bits per heavy atom. The van der Waals surface area contributed by atoms with Crippen LogP contribution >= 0.6 is 23.5 Å². The van der Waals surface area contributed by atoms with E-state index in [0.717, 1.165) is 30.2 Å². The van der Waals surface area contributed by atoms with Gasteiger partial charge in [-0.05, 0) is 54.2 Å². The molecule has 1 heterocycles. The van der Waals surface area contributed by atoms with Crippen molar-refractivity contribution in [1.29, 1.82) is 0 Å². The van der Waals surface area contributed by atoms with Crippen molar-refractivity contribution in [3.63, 3.8) is 0 Å². The fraction of sp³-hybridized carbons (Fsp3) is 0.300. The summed E-state index contributed by atoms with van der Waals surface area (Å²) in [4.78, 5) is 12.6. The standard InChI is InChI=1S/C18H19N3O2S2.C2H6/c1-23-18(22)14-8-3-5-10-16(14)24-20-12-6-11-19-17-13-7-2-4-9-15(13)25-21-17;1-2/h2-5,7-10,20H,6,11-12H2,1H3,(H,19,21);1-2H3. The van der Waals surface area contributed by atoms with Crippen LogP contribution in [0.25, 0.3) is 10.1 Å². The Morgan fingerprint density at radius 2 is 1.85 bits per heavy atom. The first-order valence-corrected chi connectivity index (χ1v) is 10.5. The molecule has 0 aliphatic carbocycles. The van der Waals surface area contributed by atoms with E-state index in [1.165, 1.54) is 40.7 Å². The molecule has 0 saturated heterocycles. The van der Waals surface area contributed by atoms with E-state index in [-0.39, 0.29) is 5.97 Å². The number of methoxy groups -OCH3 is 1. The molecule has 0 radical (unpaired) electrons. The predicted molar refractivity (Wildman–Crippen MR) is 116 cm³/mol. The average Bonchev–Trinajstić information content (AvgIpc) is 3.15. The van der Waals surface area contributed by atoms with E-state index in [4.69, 9.17) is 4.74 Å². The van der Waals surface area contributed by atoms with E-state index in [2.05, 4.69) is 26.5 Å². The Morgan fingerprint density at radius 3 is 2.67 bits per heavy atom. The summed E-state index contributed by atoms with van der Waals surface area (Å²) in [5.74, 6) is 0.631. The molecule has 5 nitrogen and oxygen atoms in total. The van der Waals surface area contributed by atoms with Crippen LogP contribution in [0.2, 0.25) is 0 Å². The molecule has 27 heavy (non-hydrogen) atoms. The van der Waals surface area contributed by atoms with Gasteiger partial charge in [-0.15, -0.1) is 0 Å². The molecule has 0 amide bonds. The SMILES string of the molecule is CC.COC(=O)c1ccccc1SNCCCNc1nsc2ccccc12. The highest BCUT2D eigenvalue weighted by Gasteiger charge is 2.11. The number of benzene rings is 2. The average molecular weight is 404 g/mol.